The number of alkyl halides is 3. The van der Waals surface area contributed by atoms with Crippen molar-refractivity contribution in [1.29, 1.82) is 0 Å². The van der Waals surface area contributed by atoms with Gasteiger partial charge in [0.1, 0.15) is 0 Å². The van der Waals surface area contributed by atoms with Gasteiger partial charge >= 0.3 is 12.1 Å². The Labute approximate surface area is 88.5 Å². The van der Waals surface area contributed by atoms with Crippen LogP contribution in [0.4, 0.5) is 13.2 Å². The fraction of sp³-hybridized carbons (Fsp3) is 0.200. The van der Waals surface area contributed by atoms with Gasteiger partial charge in [0, 0.05) is 5.56 Å². The molecule has 0 spiro atoms. The van der Waals surface area contributed by atoms with Crippen molar-refractivity contribution in [2.75, 3.05) is 0 Å². The maximum absolute atomic E-state index is 12.5. The topological polar surface area (TPSA) is 54.4 Å². The van der Waals surface area contributed by atoms with Gasteiger partial charge in [0.15, 0.2) is 5.78 Å². The number of halogens is 3. The van der Waals surface area contributed by atoms with Crippen molar-refractivity contribution >= 4 is 11.8 Å². The second-order valence-corrected chi connectivity index (χ2v) is 3.12. The molecule has 0 unspecified atom stereocenters. The van der Waals surface area contributed by atoms with Crippen molar-refractivity contribution in [2.45, 2.75) is 13.1 Å². The third-order valence-corrected chi connectivity index (χ3v) is 1.96. The van der Waals surface area contributed by atoms with Crippen LogP contribution in [0.2, 0.25) is 0 Å². The van der Waals surface area contributed by atoms with Crippen LogP contribution in [-0.4, -0.2) is 16.9 Å². The standard InChI is InChI=1S/C10H7F3O3/c1-5(14)6-2-3-7(9(15)16)8(4-6)10(11,12)13/h2-4H,1H3,(H,15,16). The van der Waals surface area contributed by atoms with Crippen LogP contribution in [0, 0.1) is 0 Å². The molecule has 0 fully saturated rings. The maximum atomic E-state index is 12.5. The summed E-state index contributed by atoms with van der Waals surface area (Å²) >= 11 is 0. The Balaban J connectivity index is 3.45. The summed E-state index contributed by atoms with van der Waals surface area (Å²) in [5.74, 6) is -2.23. The monoisotopic (exact) mass is 232 g/mol. The molecule has 3 nitrogen and oxygen atoms in total. The Bertz CT molecular complexity index is 449. The third kappa shape index (κ3) is 2.39. The minimum absolute atomic E-state index is 0.169. The summed E-state index contributed by atoms with van der Waals surface area (Å²) in [6, 6.07) is 2.38. The van der Waals surface area contributed by atoms with Crippen molar-refractivity contribution in [3.05, 3.63) is 34.9 Å². The fourth-order valence-corrected chi connectivity index (χ4v) is 1.18. The molecular weight excluding hydrogens is 225 g/mol. The molecule has 6 heteroatoms. The summed E-state index contributed by atoms with van der Waals surface area (Å²) in [6.07, 6.45) is -4.79. The molecular formula is C10H7F3O3. The minimum Gasteiger partial charge on any atom is -0.478 e. The highest BCUT2D eigenvalue weighted by molar-refractivity contribution is 5.96. The van der Waals surface area contributed by atoms with Crippen molar-refractivity contribution in [3.8, 4) is 0 Å². The zero-order valence-electron chi connectivity index (χ0n) is 8.13. The predicted octanol–water partition coefficient (Wildman–Crippen LogP) is 2.61. The summed E-state index contributed by atoms with van der Waals surface area (Å²) < 4.78 is 37.4. The highest BCUT2D eigenvalue weighted by Crippen LogP contribution is 2.32. The maximum Gasteiger partial charge on any atom is 0.417 e. The Morgan fingerprint density at radius 1 is 1.25 bits per heavy atom. The zero-order chi connectivity index (χ0) is 12.5. The Kier molecular flexibility index (Phi) is 3.02. The quantitative estimate of drug-likeness (QED) is 0.797. The summed E-state index contributed by atoms with van der Waals surface area (Å²) in [7, 11) is 0. The first-order valence-corrected chi connectivity index (χ1v) is 4.19. The summed E-state index contributed by atoms with van der Waals surface area (Å²) in [5, 5.41) is 8.57. The number of aromatic carboxylic acids is 1. The first-order chi connectivity index (χ1) is 7.23. The highest BCUT2D eigenvalue weighted by Gasteiger charge is 2.35. The summed E-state index contributed by atoms with van der Waals surface area (Å²) in [6.45, 7) is 1.11. The molecule has 16 heavy (non-hydrogen) atoms. The van der Waals surface area contributed by atoms with Gasteiger partial charge in [0.2, 0.25) is 0 Å². The number of carboxylic acids is 1. The van der Waals surface area contributed by atoms with Gasteiger partial charge in [0.05, 0.1) is 11.1 Å². The Morgan fingerprint density at radius 2 is 1.81 bits per heavy atom. The van der Waals surface area contributed by atoms with Gasteiger partial charge in [-0.2, -0.15) is 13.2 Å². The number of hydrogen-bond donors (Lipinski definition) is 1. The van der Waals surface area contributed by atoms with Crippen LogP contribution in [0.25, 0.3) is 0 Å². The van der Waals surface area contributed by atoms with Gasteiger partial charge in [-0.3, -0.25) is 4.79 Å². The van der Waals surface area contributed by atoms with Gasteiger partial charge in [-0.15, -0.1) is 0 Å². The molecule has 0 radical (unpaired) electrons. The average Bonchev–Trinajstić information content (AvgIpc) is 2.15. The normalized spacial score (nSPS) is 11.2. The lowest BCUT2D eigenvalue weighted by atomic mass is 10.0. The Morgan fingerprint density at radius 3 is 2.19 bits per heavy atom. The molecule has 0 aliphatic heterocycles. The van der Waals surface area contributed by atoms with Crippen LogP contribution >= 0.6 is 0 Å². The van der Waals surface area contributed by atoms with Gasteiger partial charge < -0.3 is 5.11 Å². The number of Topliss-reactive ketones (excluding diaryl/α,β-unsaturated/α-hetero) is 1. The summed E-state index contributed by atoms with van der Waals surface area (Å²) in [4.78, 5) is 21.5. The number of carbonyl (C=O) groups is 2. The van der Waals surface area contributed by atoms with E-state index in [1.54, 1.807) is 0 Å². The molecule has 0 atom stereocenters. The number of carbonyl (C=O) groups excluding carboxylic acids is 1. The number of hydrogen-bond acceptors (Lipinski definition) is 2. The fourth-order valence-electron chi connectivity index (χ4n) is 1.18. The van der Waals surface area contributed by atoms with E-state index in [9.17, 15) is 22.8 Å². The van der Waals surface area contributed by atoms with Crippen molar-refractivity contribution in [1.82, 2.24) is 0 Å². The number of benzene rings is 1. The van der Waals surface area contributed by atoms with E-state index in [4.69, 9.17) is 5.11 Å². The van der Waals surface area contributed by atoms with Crippen molar-refractivity contribution < 1.29 is 27.9 Å². The number of carboxylic acid groups (broad SMARTS) is 1. The Hall–Kier alpha value is -1.85. The lowest BCUT2D eigenvalue weighted by molar-refractivity contribution is -0.138. The molecule has 1 aromatic carbocycles. The van der Waals surface area contributed by atoms with Crippen LogP contribution in [0.3, 0.4) is 0 Å². The van der Waals surface area contributed by atoms with Crippen LogP contribution in [0.15, 0.2) is 18.2 Å². The van der Waals surface area contributed by atoms with Crippen LogP contribution in [-0.2, 0) is 6.18 Å². The SMILES string of the molecule is CC(=O)c1ccc(C(=O)O)c(C(F)(F)F)c1. The second kappa shape index (κ2) is 3.96. The van der Waals surface area contributed by atoms with E-state index in [-0.39, 0.29) is 5.56 Å². The molecule has 0 aliphatic carbocycles. The molecule has 1 N–H and O–H groups in total. The smallest absolute Gasteiger partial charge is 0.417 e. The van der Waals surface area contributed by atoms with Gasteiger partial charge in [-0.05, 0) is 19.1 Å². The van der Waals surface area contributed by atoms with E-state index in [1.165, 1.54) is 0 Å². The van der Waals surface area contributed by atoms with Gasteiger partial charge in [-0.25, -0.2) is 4.79 Å². The molecule has 0 aliphatic rings. The van der Waals surface area contributed by atoms with E-state index in [0.717, 1.165) is 19.1 Å². The molecule has 0 bridgehead atoms. The van der Waals surface area contributed by atoms with E-state index in [0.29, 0.717) is 6.07 Å². The predicted molar refractivity (Wildman–Crippen MR) is 48.4 cm³/mol. The molecule has 86 valence electrons. The van der Waals surface area contributed by atoms with Crippen LogP contribution in [0.5, 0.6) is 0 Å². The number of rotatable bonds is 2. The molecule has 0 heterocycles. The van der Waals surface area contributed by atoms with E-state index >= 15 is 0 Å². The number of ketones is 1. The van der Waals surface area contributed by atoms with Crippen molar-refractivity contribution in [2.24, 2.45) is 0 Å². The van der Waals surface area contributed by atoms with Crippen LogP contribution < -0.4 is 0 Å². The minimum atomic E-state index is -4.79. The zero-order valence-corrected chi connectivity index (χ0v) is 8.13. The van der Waals surface area contributed by atoms with E-state index in [1.807, 2.05) is 0 Å². The lowest BCUT2D eigenvalue weighted by Crippen LogP contribution is -2.14. The average molecular weight is 232 g/mol. The first kappa shape index (κ1) is 12.2. The van der Waals surface area contributed by atoms with Crippen LogP contribution in [0.1, 0.15) is 33.2 Å². The first-order valence-electron chi connectivity index (χ1n) is 4.19. The van der Waals surface area contributed by atoms with Gasteiger partial charge in [-0.1, -0.05) is 6.07 Å². The van der Waals surface area contributed by atoms with Gasteiger partial charge in [0.25, 0.3) is 0 Å². The van der Waals surface area contributed by atoms with Crippen molar-refractivity contribution in [3.63, 3.8) is 0 Å². The summed E-state index contributed by atoms with van der Waals surface area (Å²) in [5.41, 5.74) is -2.34. The van der Waals surface area contributed by atoms with E-state index < -0.39 is 29.1 Å². The molecule has 0 aromatic heterocycles. The second-order valence-electron chi connectivity index (χ2n) is 3.12. The molecule has 1 aromatic rings. The largest absolute Gasteiger partial charge is 0.478 e. The molecule has 1 rings (SSSR count). The van der Waals surface area contributed by atoms with E-state index in [2.05, 4.69) is 0 Å². The third-order valence-electron chi connectivity index (χ3n) is 1.96. The lowest BCUT2D eigenvalue weighted by Gasteiger charge is -2.10. The molecule has 0 amide bonds. The molecule has 0 saturated carbocycles. The highest BCUT2D eigenvalue weighted by atomic mass is 19.4. The molecule has 0 saturated heterocycles.